The molecule has 0 spiro atoms. The number of imide groups is 1. The molecule has 2 aromatic rings. The molecular formula is C20H22N2O2. The highest BCUT2D eigenvalue weighted by molar-refractivity contribution is 6.05. The summed E-state index contributed by atoms with van der Waals surface area (Å²) in [6, 6.07) is 11.8. The van der Waals surface area contributed by atoms with E-state index in [1.165, 1.54) is 4.90 Å². The molecule has 1 aliphatic heterocycles. The van der Waals surface area contributed by atoms with Gasteiger partial charge in [-0.1, -0.05) is 25.0 Å². The van der Waals surface area contributed by atoms with Crippen LogP contribution in [0.1, 0.15) is 44.2 Å². The van der Waals surface area contributed by atoms with Crippen molar-refractivity contribution in [1.82, 2.24) is 9.47 Å². The third kappa shape index (κ3) is 2.37. The number of benzene rings is 1. The summed E-state index contributed by atoms with van der Waals surface area (Å²) in [7, 11) is 0. The van der Waals surface area contributed by atoms with Gasteiger partial charge < -0.3 is 4.57 Å². The first-order chi connectivity index (χ1) is 11.7. The van der Waals surface area contributed by atoms with Crippen LogP contribution >= 0.6 is 0 Å². The second-order valence-corrected chi connectivity index (χ2v) is 6.91. The predicted octanol–water partition coefficient (Wildman–Crippen LogP) is 3.71. The van der Waals surface area contributed by atoms with Crippen LogP contribution < -0.4 is 0 Å². The monoisotopic (exact) mass is 322 g/mol. The lowest BCUT2D eigenvalue weighted by Gasteiger charge is -2.24. The molecule has 4 rings (SSSR count). The van der Waals surface area contributed by atoms with Crippen molar-refractivity contribution in [3.63, 3.8) is 0 Å². The Labute approximate surface area is 142 Å². The number of likely N-dealkylation sites (tertiary alicyclic amines) is 1. The van der Waals surface area contributed by atoms with Crippen molar-refractivity contribution in [3.05, 3.63) is 54.4 Å². The lowest BCUT2D eigenvalue weighted by atomic mass is 9.81. The second-order valence-electron chi connectivity index (χ2n) is 6.91. The van der Waals surface area contributed by atoms with Gasteiger partial charge in [0.1, 0.15) is 0 Å². The van der Waals surface area contributed by atoms with Crippen molar-refractivity contribution in [2.24, 2.45) is 11.8 Å². The van der Waals surface area contributed by atoms with Crippen molar-refractivity contribution >= 4 is 11.8 Å². The van der Waals surface area contributed by atoms with E-state index in [4.69, 9.17) is 0 Å². The van der Waals surface area contributed by atoms with Crippen LogP contribution in [0.3, 0.4) is 0 Å². The van der Waals surface area contributed by atoms with Crippen LogP contribution in [0.25, 0.3) is 5.69 Å². The zero-order valence-electron chi connectivity index (χ0n) is 13.9. The third-order valence-corrected chi connectivity index (χ3v) is 5.52. The number of aromatic nitrogens is 1. The number of carbonyl (C=O) groups is 2. The van der Waals surface area contributed by atoms with E-state index in [9.17, 15) is 9.59 Å². The summed E-state index contributed by atoms with van der Waals surface area (Å²) in [6.45, 7) is 1.96. The summed E-state index contributed by atoms with van der Waals surface area (Å²) in [5.41, 5.74) is 2.04. The molecule has 4 heteroatoms. The molecule has 124 valence electrons. The summed E-state index contributed by atoms with van der Waals surface area (Å²) < 4.78 is 2.03. The van der Waals surface area contributed by atoms with E-state index < -0.39 is 0 Å². The molecule has 1 aliphatic carbocycles. The maximum Gasteiger partial charge on any atom is 0.233 e. The first-order valence-electron chi connectivity index (χ1n) is 8.77. The summed E-state index contributed by atoms with van der Waals surface area (Å²) in [6.07, 6.45) is 7.83. The highest BCUT2D eigenvalue weighted by atomic mass is 16.2. The highest BCUT2D eigenvalue weighted by Gasteiger charge is 2.49. The molecule has 1 saturated heterocycles. The number of carbonyl (C=O) groups excluding carboxylic acids is 2. The number of nitrogens with zero attached hydrogens (tertiary/aromatic N) is 2. The van der Waals surface area contributed by atoms with Crippen LogP contribution in [-0.4, -0.2) is 21.3 Å². The minimum Gasteiger partial charge on any atom is -0.324 e. The molecule has 2 heterocycles. The van der Waals surface area contributed by atoms with Crippen LogP contribution in [0.2, 0.25) is 0 Å². The van der Waals surface area contributed by atoms with E-state index >= 15 is 0 Å². The van der Waals surface area contributed by atoms with Gasteiger partial charge >= 0.3 is 0 Å². The Balaban J connectivity index is 1.64. The van der Waals surface area contributed by atoms with Gasteiger partial charge in [0.05, 0.1) is 17.9 Å². The molecule has 1 aromatic heterocycles. The van der Waals surface area contributed by atoms with Gasteiger partial charge in [-0.3, -0.25) is 14.5 Å². The van der Waals surface area contributed by atoms with E-state index in [2.05, 4.69) is 6.07 Å². The minimum absolute atomic E-state index is 0.0311. The molecule has 1 aromatic carbocycles. The van der Waals surface area contributed by atoms with Crippen molar-refractivity contribution < 1.29 is 9.59 Å². The van der Waals surface area contributed by atoms with Gasteiger partial charge in [-0.25, -0.2) is 0 Å². The lowest BCUT2D eigenvalue weighted by Crippen LogP contribution is -2.33. The molecule has 2 amide bonds. The maximum absolute atomic E-state index is 12.8. The average molecular weight is 322 g/mol. The van der Waals surface area contributed by atoms with Crippen molar-refractivity contribution in [1.29, 1.82) is 0 Å². The van der Waals surface area contributed by atoms with Crippen LogP contribution in [-0.2, 0) is 9.59 Å². The zero-order valence-corrected chi connectivity index (χ0v) is 13.9. The Kier molecular flexibility index (Phi) is 3.75. The maximum atomic E-state index is 12.8. The van der Waals surface area contributed by atoms with Crippen LogP contribution in [0.15, 0.2) is 48.8 Å². The van der Waals surface area contributed by atoms with Crippen LogP contribution in [0.4, 0.5) is 0 Å². The predicted molar refractivity (Wildman–Crippen MR) is 91.5 cm³/mol. The molecule has 24 heavy (non-hydrogen) atoms. The molecule has 0 N–H and O–H groups in total. The Morgan fingerprint density at radius 3 is 2.21 bits per heavy atom. The standard InChI is InChI=1S/C20H22N2O2/c1-14(15-7-6-8-16(13-15)21-11-4-5-12-21)22-19(23)17-9-2-3-10-18(17)20(22)24/h4-8,11-14,17-18H,2-3,9-10H2,1H3/t14-,17-,18+/m1/s1. The molecule has 2 aliphatic rings. The van der Waals surface area contributed by atoms with Crippen molar-refractivity contribution in [3.8, 4) is 5.69 Å². The highest BCUT2D eigenvalue weighted by Crippen LogP contribution is 2.41. The van der Waals surface area contributed by atoms with Gasteiger partial charge in [0.15, 0.2) is 0 Å². The Morgan fingerprint density at radius 2 is 1.58 bits per heavy atom. The zero-order chi connectivity index (χ0) is 16.7. The summed E-state index contributed by atoms with van der Waals surface area (Å²) in [4.78, 5) is 27.1. The quantitative estimate of drug-likeness (QED) is 0.808. The number of fused-ring (bicyclic) bond motifs is 1. The third-order valence-electron chi connectivity index (χ3n) is 5.52. The largest absolute Gasteiger partial charge is 0.324 e. The average Bonchev–Trinajstić information content (AvgIpc) is 3.23. The second kappa shape index (κ2) is 5.93. The Hall–Kier alpha value is -2.36. The van der Waals surface area contributed by atoms with Gasteiger partial charge in [-0.15, -0.1) is 0 Å². The van der Waals surface area contributed by atoms with Crippen LogP contribution in [0, 0.1) is 11.8 Å². The fraction of sp³-hybridized carbons (Fsp3) is 0.400. The number of hydrogen-bond acceptors (Lipinski definition) is 2. The van der Waals surface area contributed by atoms with E-state index in [1.807, 2.05) is 54.2 Å². The summed E-state index contributed by atoms with van der Waals surface area (Å²) >= 11 is 0. The molecule has 0 bridgehead atoms. The molecule has 1 saturated carbocycles. The fourth-order valence-electron chi connectivity index (χ4n) is 4.17. The first kappa shape index (κ1) is 15.2. The lowest BCUT2D eigenvalue weighted by molar-refractivity contribution is -0.142. The SMILES string of the molecule is C[C@H](c1cccc(-n2cccc2)c1)N1C(=O)[C@H]2CCCC[C@H]2C1=O. The molecular weight excluding hydrogens is 300 g/mol. The molecule has 0 radical (unpaired) electrons. The number of hydrogen-bond donors (Lipinski definition) is 0. The van der Waals surface area contributed by atoms with E-state index in [0.29, 0.717) is 0 Å². The van der Waals surface area contributed by atoms with Crippen molar-refractivity contribution in [2.75, 3.05) is 0 Å². The Morgan fingerprint density at radius 1 is 0.958 bits per heavy atom. The van der Waals surface area contributed by atoms with Gasteiger partial charge in [-0.05, 0) is 49.6 Å². The van der Waals surface area contributed by atoms with Gasteiger partial charge in [0.2, 0.25) is 11.8 Å². The van der Waals surface area contributed by atoms with Gasteiger partial charge in [0.25, 0.3) is 0 Å². The molecule has 0 unspecified atom stereocenters. The van der Waals surface area contributed by atoms with Gasteiger partial charge in [0, 0.05) is 18.1 Å². The minimum atomic E-state index is -0.217. The molecule has 4 nitrogen and oxygen atoms in total. The van der Waals surface area contributed by atoms with Crippen LogP contribution in [0.5, 0.6) is 0 Å². The van der Waals surface area contributed by atoms with E-state index in [1.54, 1.807) is 0 Å². The molecule has 3 atom stereocenters. The summed E-state index contributed by atoms with van der Waals surface area (Å²) in [5, 5.41) is 0. The normalized spacial score (nSPS) is 25.0. The van der Waals surface area contributed by atoms with E-state index in [-0.39, 0.29) is 29.7 Å². The molecule has 2 fully saturated rings. The van der Waals surface area contributed by atoms with Crippen molar-refractivity contribution in [2.45, 2.75) is 38.6 Å². The van der Waals surface area contributed by atoms with Gasteiger partial charge in [-0.2, -0.15) is 0 Å². The van der Waals surface area contributed by atoms with E-state index in [0.717, 1.165) is 36.9 Å². The topological polar surface area (TPSA) is 42.3 Å². The number of amides is 2. The number of rotatable bonds is 3. The first-order valence-corrected chi connectivity index (χ1v) is 8.77. The smallest absolute Gasteiger partial charge is 0.233 e. The Bertz CT molecular complexity index is 742. The summed E-state index contributed by atoms with van der Waals surface area (Å²) in [5.74, 6) is -0.102. The fourth-order valence-corrected chi connectivity index (χ4v) is 4.17.